The zero-order valence-electron chi connectivity index (χ0n) is 16.8. The zero-order valence-corrected chi connectivity index (χ0v) is 16.8. The van der Waals surface area contributed by atoms with E-state index in [4.69, 9.17) is 14.2 Å². The number of carbonyl (C=O) groups excluding carboxylic acids is 1. The Morgan fingerprint density at radius 3 is 2.14 bits per heavy atom. The maximum absolute atomic E-state index is 13.4. The number of methoxy groups -OCH3 is 3. The molecule has 0 spiro atoms. The first-order chi connectivity index (χ1) is 13.9. The van der Waals surface area contributed by atoms with Crippen molar-refractivity contribution < 1.29 is 28.9 Å². The van der Waals surface area contributed by atoms with Crippen LogP contribution in [0, 0.1) is 0 Å². The fourth-order valence-electron chi connectivity index (χ4n) is 3.96. The van der Waals surface area contributed by atoms with Gasteiger partial charge in [-0.15, -0.1) is 0 Å². The number of anilines is 1. The molecule has 7 heteroatoms. The highest BCUT2D eigenvalue weighted by Gasteiger charge is 2.43. The zero-order chi connectivity index (χ0) is 21.0. The maximum Gasteiger partial charge on any atom is 0.339 e. The number of carboxylic acid groups (broad SMARTS) is 1. The molecule has 2 N–H and O–H groups in total. The molecular weight excluding hydrogens is 374 g/mol. The molecule has 1 aliphatic rings. The van der Waals surface area contributed by atoms with Gasteiger partial charge in [-0.05, 0) is 42.7 Å². The van der Waals surface area contributed by atoms with Crippen LogP contribution < -0.4 is 19.5 Å². The van der Waals surface area contributed by atoms with E-state index in [1.54, 1.807) is 20.3 Å². The van der Waals surface area contributed by atoms with Crippen molar-refractivity contribution in [3.8, 4) is 17.2 Å². The van der Waals surface area contributed by atoms with Crippen LogP contribution in [-0.4, -0.2) is 38.3 Å². The molecule has 3 rings (SSSR count). The van der Waals surface area contributed by atoms with E-state index in [1.807, 2.05) is 18.2 Å². The Hall–Kier alpha value is -3.22. The Morgan fingerprint density at radius 1 is 0.897 bits per heavy atom. The molecule has 0 atom stereocenters. The van der Waals surface area contributed by atoms with Crippen LogP contribution in [0.2, 0.25) is 0 Å². The van der Waals surface area contributed by atoms with Crippen molar-refractivity contribution in [1.82, 2.24) is 0 Å². The molecule has 2 aromatic carbocycles. The van der Waals surface area contributed by atoms with Gasteiger partial charge in [-0.2, -0.15) is 0 Å². The molecule has 1 aliphatic carbocycles. The molecule has 0 heterocycles. The molecule has 1 saturated carbocycles. The standard InChI is InChI=1S/C22H25NO6/c1-27-17-9-6-14(12-19(17)29-3)22(10-4-5-11-22)21(26)23-15-7-8-16(20(24)25)18(13-15)28-2/h6-9,12-13H,4-5,10-11H2,1-3H3,(H,23,26)(H,24,25). The van der Waals surface area contributed by atoms with Crippen LogP contribution in [0.25, 0.3) is 0 Å². The predicted molar refractivity (Wildman–Crippen MR) is 108 cm³/mol. The van der Waals surface area contributed by atoms with Gasteiger partial charge in [0.2, 0.25) is 5.91 Å². The third-order valence-corrected chi connectivity index (χ3v) is 5.52. The van der Waals surface area contributed by atoms with Crippen molar-refractivity contribution in [2.24, 2.45) is 0 Å². The van der Waals surface area contributed by atoms with E-state index in [2.05, 4.69) is 5.32 Å². The number of carbonyl (C=O) groups is 2. The van der Waals surface area contributed by atoms with Gasteiger partial charge >= 0.3 is 5.97 Å². The van der Waals surface area contributed by atoms with Crippen molar-refractivity contribution in [2.75, 3.05) is 26.6 Å². The fraction of sp³-hybridized carbons (Fsp3) is 0.364. The number of carboxylic acids is 1. The van der Waals surface area contributed by atoms with Gasteiger partial charge in [-0.3, -0.25) is 4.79 Å². The molecule has 0 aromatic heterocycles. The summed E-state index contributed by atoms with van der Waals surface area (Å²) in [5.74, 6) is 0.168. The van der Waals surface area contributed by atoms with Gasteiger partial charge in [0.25, 0.3) is 0 Å². The maximum atomic E-state index is 13.4. The Labute approximate surface area is 169 Å². The summed E-state index contributed by atoms with van der Waals surface area (Å²) in [6, 6.07) is 10.1. The van der Waals surface area contributed by atoms with E-state index in [1.165, 1.54) is 19.2 Å². The van der Waals surface area contributed by atoms with Gasteiger partial charge in [-0.1, -0.05) is 18.9 Å². The third-order valence-electron chi connectivity index (χ3n) is 5.52. The molecule has 1 fully saturated rings. The van der Waals surface area contributed by atoms with Crippen LogP contribution in [0.3, 0.4) is 0 Å². The Morgan fingerprint density at radius 2 is 1.55 bits per heavy atom. The molecule has 2 aromatic rings. The summed E-state index contributed by atoms with van der Waals surface area (Å²) >= 11 is 0. The van der Waals surface area contributed by atoms with Gasteiger partial charge < -0.3 is 24.6 Å². The second-order valence-electron chi connectivity index (χ2n) is 7.03. The van der Waals surface area contributed by atoms with Crippen LogP contribution in [-0.2, 0) is 10.2 Å². The summed E-state index contributed by atoms with van der Waals surface area (Å²) in [4.78, 5) is 24.7. The number of hydrogen-bond donors (Lipinski definition) is 2. The van der Waals surface area contributed by atoms with E-state index < -0.39 is 11.4 Å². The molecule has 0 saturated heterocycles. The van der Waals surface area contributed by atoms with E-state index in [0.717, 1.165) is 31.2 Å². The monoisotopic (exact) mass is 399 g/mol. The van der Waals surface area contributed by atoms with Crippen molar-refractivity contribution in [3.63, 3.8) is 0 Å². The lowest BCUT2D eigenvalue weighted by Gasteiger charge is -2.29. The van der Waals surface area contributed by atoms with Crippen molar-refractivity contribution in [2.45, 2.75) is 31.1 Å². The number of hydrogen-bond acceptors (Lipinski definition) is 5. The molecule has 0 unspecified atom stereocenters. The van der Waals surface area contributed by atoms with Gasteiger partial charge in [-0.25, -0.2) is 4.79 Å². The van der Waals surface area contributed by atoms with Crippen LogP contribution in [0.4, 0.5) is 5.69 Å². The average molecular weight is 399 g/mol. The van der Waals surface area contributed by atoms with Crippen LogP contribution in [0.15, 0.2) is 36.4 Å². The average Bonchev–Trinajstić information content (AvgIpc) is 3.24. The molecule has 29 heavy (non-hydrogen) atoms. The minimum absolute atomic E-state index is 0.0426. The highest BCUT2D eigenvalue weighted by Crippen LogP contribution is 2.44. The second kappa shape index (κ2) is 8.43. The summed E-state index contributed by atoms with van der Waals surface area (Å²) < 4.78 is 15.9. The normalized spacial score (nSPS) is 14.9. The quantitative estimate of drug-likeness (QED) is 0.734. The highest BCUT2D eigenvalue weighted by molar-refractivity contribution is 6.00. The lowest BCUT2D eigenvalue weighted by Crippen LogP contribution is -2.38. The van der Waals surface area contributed by atoms with E-state index in [-0.39, 0.29) is 17.2 Å². The van der Waals surface area contributed by atoms with E-state index in [0.29, 0.717) is 17.2 Å². The Bertz CT molecular complexity index is 918. The van der Waals surface area contributed by atoms with Crippen LogP contribution in [0.1, 0.15) is 41.6 Å². The molecule has 7 nitrogen and oxygen atoms in total. The second-order valence-corrected chi connectivity index (χ2v) is 7.03. The fourth-order valence-corrected chi connectivity index (χ4v) is 3.96. The molecule has 0 bridgehead atoms. The number of nitrogens with one attached hydrogen (secondary N) is 1. The molecular formula is C22H25NO6. The van der Waals surface area contributed by atoms with Crippen molar-refractivity contribution in [1.29, 1.82) is 0 Å². The lowest BCUT2D eigenvalue weighted by atomic mass is 9.77. The van der Waals surface area contributed by atoms with Gasteiger partial charge in [0, 0.05) is 11.8 Å². The lowest BCUT2D eigenvalue weighted by molar-refractivity contribution is -0.121. The summed E-state index contributed by atoms with van der Waals surface area (Å²) in [5.41, 5.74) is 0.724. The van der Waals surface area contributed by atoms with Gasteiger partial charge in [0.1, 0.15) is 11.3 Å². The van der Waals surface area contributed by atoms with Crippen LogP contribution >= 0.6 is 0 Å². The minimum atomic E-state index is -1.09. The summed E-state index contributed by atoms with van der Waals surface area (Å²) in [5, 5.41) is 12.2. The highest BCUT2D eigenvalue weighted by atomic mass is 16.5. The summed E-state index contributed by atoms with van der Waals surface area (Å²) in [6.07, 6.45) is 3.34. The number of rotatable bonds is 7. The van der Waals surface area contributed by atoms with Crippen LogP contribution in [0.5, 0.6) is 17.2 Å². The number of aromatic carboxylic acids is 1. The molecule has 0 radical (unpaired) electrons. The van der Waals surface area contributed by atoms with E-state index >= 15 is 0 Å². The first-order valence-corrected chi connectivity index (χ1v) is 9.40. The van der Waals surface area contributed by atoms with E-state index in [9.17, 15) is 14.7 Å². The van der Waals surface area contributed by atoms with Gasteiger partial charge in [0.15, 0.2) is 11.5 Å². The number of ether oxygens (including phenoxy) is 3. The van der Waals surface area contributed by atoms with Gasteiger partial charge in [0.05, 0.1) is 26.7 Å². The third kappa shape index (κ3) is 3.85. The van der Waals surface area contributed by atoms with Crippen molar-refractivity contribution in [3.05, 3.63) is 47.5 Å². The molecule has 1 amide bonds. The molecule has 154 valence electrons. The SMILES string of the molecule is COc1ccc(C2(C(=O)Nc3ccc(C(=O)O)c(OC)c3)CCCC2)cc1OC. The smallest absolute Gasteiger partial charge is 0.339 e. The summed E-state index contributed by atoms with van der Waals surface area (Å²) in [6.45, 7) is 0. The first kappa shape index (κ1) is 20.5. The van der Waals surface area contributed by atoms with Crippen molar-refractivity contribution >= 4 is 17.6 Å². The number of amides is 1. The summed E-state index contributed by atoms with van der Waals surface area (Å²) in [7, 11) is 4.54. The predicted octanol–water partition coefficient (Wildman–Crippen LogP) is 3.86. The Kier molecular flexibility index (Phi) is 5.96. The number of benzene rings is 2. The molecule has 0 aliphatic heterocycles. The topological polar surface area (TPSA) is 94.1 Å². The Balaban J connectivity index is 1.94. The minimum Gasteiger partial charge on any atom is -0.496 e. The largest absolute Gasteiger partial charge is 0.496 e. The first-order valence-electron chi connectivity index (χ1n) is 9.40.